The van der Waals surface area contributed by atoms with Gasteiger partial charge in [-0.05, 0) is 18.1 Å². The Balaban J connectivity index is 2.84. The molecule has 6 nitrogen and oxygen atoms in total. The second kappa shape index (κ2) is 6.79. The third-order valence-electron chi connectivity index (χ3n) is 2.77. The number of anilines is 2. The van der Waals surface area contributed by atoms with Crippen LogP contribution in [0.15, 0.2) is 18.2 Å². The van der Waals surface area contributed by atoms with Crippen molar-refractivity contribution in [2.45, 2.75) is 13.8 Å². The Labute approximate surface area is 118 Å². The standard InChI is InChI=1S/C14H21N3O3/c1-9(2)7-16-12(18)8-17(3)13-10(14(19)20)5-4-6-11(13)15/h4-6,9H,7-8,15H2,1-3H3,(H,16,18)(H,19,20). The summed E-state index contributed by atoms with van der Waals surface area (Å²) >= 11 is 0. The lowest BCUT2D eigenvalue weighted by atomic mass is 10.1. The number of benzene rings is 1. The summed E-state index contributed by atoms with van der Waals surface area (Å²) in [7, 11) is 1.65. The maximum atomic E-state index is 11.8. The molecule has 4 N–H and O–H groups in total. The second-order valence-electron chi connectivity index (χ2n) is 5.10. The molecule has 110 valence electrons. The Bertz CT molecular complexity index is 500. The third kappa shape index (κ3) is 4.15. The fourth-order valence-corrected chi connectivity index (χ4v) is 1.83. The fraction of sp³-hybridized carbons (Fsp3) is 0.429. The summed E-state index contributed by atoms with van der Waals surface area (Å²) in [4.78, 5) is 24.5. The molecular weight excluding hydrogens is 258 g/mol. The van der Waals surface area contributed by atoms with Crippen molar-refractivity contribution < 1.29 is 14.7 Å². The minimum atomic E-state index is -1.07. The first-order chi connectivity index (χ1) is 9.32. The van der Waals surface area contributed by atoms with Gasteiger partial charge >= 0.3 is 5.97 Å². The molecule has 6 heteroatoms. The second-order valence-corrected chi connectivity index (χ2v) is 5.10. The summed E-state index contributed by atoms with van der Waals surface area (Å²) in [5, 5.41) is 11.9. The topological polar surface area (TPSA) is 95.7 Å². The lowest BCUT2D eigenvalue weighted by Crippen LogP contribution is -2.37. The van der Waals surface area contributed by atoms with Gasteiger partial charge in [0.1, 0.15) is 0 Å². The van der Waals surface area contributed by atoms with Gasteiger partial charge in [0, 0.05) is 13.6 Å². The highest BCUT2D eigenvalue weighted by atomic mass is 16.4. The number of carbonyl (C=O) groups excluding carboxylic acids is 1. The molecule has 0 aliphatic heterocycles. The maximum Gasteiger partial charge on any atom is 0.337 e. The van der Waals surface area contributed by atoms with Crippen LogP contribution in [-0.4, -0.2) is 37.1 Å². The molecule has 20 heavy (non-hydrogen) atoms. The van der Waals surface area contributed by atoms with E-state index in [0.29, 0.717) is 23.8 Å². The van der Waals surface area contributed by atoms with E-state index in [-0.39, 0.29) is 18.0 Å². The molecule has 0 unspecified atom stereocenters. The maximum absolute atomic E-state index is 11.8. The van der Waals surface area contributed by atoms with Crippen molar-refractivity contribution >= 4 is 23.3 Å². The van der Waals surface area contributed by atoms with Gasteiger partial charge in [0.25, 0.3) is 0 Å². The Kier molecular flexibility index (Phi) is 5.37. The van der Waals surface area contributed by atoms with Crippen molar-refractivity contribution in [1.29, 1.82) is 0 Å². The predicted molar refractivity (Wildman–Crippen MR) is 78.9 cm³/mol. The molecule has 0 radical (unpaired) electrons. The van der Waals surface area contributed by atoms with Gasteiger partial charge in [0.2, 0.25) is 5.91 Å². The minimum absolute atomic E-state index is 0.0568. The molecule has 0 heterocycles. The monoisotopic (exact) mass is 279 g/mol. The van der Waals surface area contributed by atoms with Gasteiger partial charge in [-0.3, -0.25) is 4.79 Å². The number of amides is 1. The number of nitrogens with one attached hydrogen (secondary N) is 1. The van der Waals surface area contributed by atoms with Crippen LogP contribution in [0, 0.1) is 5.92 Å². The van der Waals surface area contributed by atoms with Crippen LogP contribution in [0.5, 0.6) is 0 Å². The first-order valence-corrected chi connectivity index (χ1v) is 6.42. The van der Waals surface area contributed by atoms with E-state index in [9.17, 15) is 9.59 Å². The van der Waals surface area contributed by atoms with Crippen molar-refractivity contribution in [2.75, 3.05) is 30.8 Å². The lowest BCUT2D eigenvalue weighted by molar-refractivity contribution is -0.119. The van der Waals surface area contributed by atoms with E-state index in [1.165, 1.54) is 6.07 Å². The van der Waals surface area contributed by atoms with Crippen molar-refractivity contribution in [3.05, 3.63) is 23.8 Å². The Morgan fingerprint density at radius 2 is 2.05 bits per heavy atom. The van der Waals surface area contributed by atoms with Crippen LogP contribution in [0.1, 0.15) is 24.2 Å². The first-order valence-electron chi connectivity index (χ1n) is 6.42. The van der Waals surface area contributed by atoms with Crippen molar-refractivity contribution in [3.63, 3.8) is 0 Å². The lowest BCUT2D eigenvalue weighted by Gasteiger charge is -2.22. The molecule has 0 saturated heterocycles. The highest BCUT2D eigenvalue weighted by molar-refractivity contribution is 5.98. The van der Waals surface area contributed by atoms with Gasteiger partial charge in [0.05, 0.1) is 23.5 Å². The number of nitrogens with zero attached hydrogens (tertiary/aromatic N) is 1. The molecule has 0 spiro atoms. The van der Waals surface area contributed by atoms with Crippen LogP contribution in [0.2, 0.25) is 0 Å². The smallest absolute Gasteiger partial charge is 0.337 e. The number of aromatic carboxylic acids is 1. The number of nitrogen functional groups attached to an aromatic ring is 1. The third-order valence-corrected chi connectivity index (χ3v) is 2.77. The fourth-order valence-electron chi connectivity index (χ4n) is 1.83. The molecule has 0 aromatic heterocycles. The summed E-state index contributed by atoms with van der Waals surface area (Å²) in [6, 6.07) is 4.66. The summed E-state index contributed by atoms with van der Waals surface area (Å²) in [5.74, 6) is -0.872. The van der Waals surface area contributed by atoms with Crippen molar-refractivity contribution in [3.8, 4) is 0 Å². The number of para-hydroxylation sites is 1. The number of hydrogen-bond donors (Lipinski definition) is 3. The largest absolute Gasteiger partial charge is 0.478 e. The SMILES string of the molecule is CC(C)CNC(=O)CN(C)c1c(N)cccc1C(=O)O. The molecule has 1 aromatic rings. The molecule has 0 saturated carbocycles. The van der Waals surface area contributed by atoms with E-state index < -0.39 is 5.97 Å². The van der Waals surface area contributed by atoms with Gasteiger partial charge in [-0.25, -0.2) is 4.79 Å². The van der Waals surface area contributed by atoms with E-state index in [1.54, 1.807) is 24.1 Å². The highest BCUT2D eigenvalue weighted by Crippen LogP contribution is 2.26. The zero-order valence-corrected chi connectivity index (χ0v) is 12.0. The Morgan fingerprint density at radius 1 is 1.40 bits per heavy atom. The van der Waals surface area contributed by atoms with E-state index in [0.717, 1.165) is 0 Å². The summed E-state index contributed by atoms with van der Waals surface area (Å²) in [6.45, 7) is 4.65. The number of carboxylic acid groups (broad SMARTS) is 1. The summed E-state index contributed by atoms with van der Waals surface area (Å²) in [6.07, 6.45) is 0. The van der Waals surface area contributed by atoms with Crippen LogP contribution in [0.25, 0.3) is 0 Å². The molecule has 0 aliphatic rings. The average Bonchev–Trinajstić information content (AvgIpc) is 2.35. The predicted octanol–water partition coefficient (Wildman–Crippen LogP) is 1.18. The number of likely N-dealkylation sites (N-methyl/N-ethyl adjacent to an activating group) is 1. The van der Waals surface area contributed by atoms with Gasteiger partial charge in [0.15, 0.2) is 0 Å². The van der Waals surface area contributed by atoms with E-state index in [2.05, 4.69) is 5.32 Å². The van der Waals surface area contributed by atoms with Crippen molar-refractivity contribution in [2.24, 2.45) is 5.92 Å². The Morgan fingerprint density at radius 3 is 2.60 bits per heavy atom. The first kappa shape index (κ1) is 15.8. The van der Waals surface area contributed by atoms with Gasteiger partial charge < -0.3 is 21.1 Å². The molecule has 0 aliphatic carbocycles. The van der Waals surface area contributed by atoms with Gasteiger partial charge in [-0.15, -0.1) is 0 Å². The van der Waals surface area contributed by atoms with Crippen LogP contribution in [0.3, 0.4) is 0 Å². The summed E-state index contributed by atoms with van der Waals surface area (Å²) in [5.41, 5.74) is 6.61. The molecule has 1 amide bonds. The van der Waals surface area contributed by atoms with Gasteiger partial charge in [-0.2, -0.15) is 0 Å². The molecular formula is C14H21N3O3. The van der Waals surface area contributed by atoms with E-state index in [4.69, 9.17) is 10.8 Å². The molecule has 0 atom stereocenters. The highest BCUT2D eigenvalue weighted by Gasteiger charge is 2.18. The molecule has 1 aromatic carbocycles. The number of carbonyl (C=O) groups is 2. The zero-order chi connectivity index (χ0) is 15.3. The van der Waals surface area contributed by atoms with Crippen LogP contribution in [0.4, 0.5) is 11.4 Å². The van der Waals surface area contributed by atoms with E-state index >= 15 is 0 Å². The summed E-state index contributed by atoms with van der Waals surface area (Å²) < 4.78 is 0. The van der Waals surface area contributed by atoms with Crippen LogP contribution in [-0.2, 0) is 4.79 Å². The number of rotatable bonds is 6. The van der Waals surface area contributed by atoms with Crippen molar-refractivity contribution in [1.82, 2.24) is 5.32 Å². The van der Waals surface area contributed by atoms with Crippen LogP contribution < -0.4 is 16.0 Å². The quantitative estimate of drug-likeness (QED) is 0.679. The molecule has 0 bridgehead atoms. The van der Waals surface area contributed by atoms with E-state index in [1.807, 2.05) is 13.8 Å². The zero-order valence-electron chi connectivity index (χ0n) is 12.0. The average molecular weight is 279 g/mol. The molecule has 0 fully saturated rings. The number of carboxylic acids is 1. The van der Waals surface area contributed by atoms with Crippen LogP contribution >= 0.6 is 0 Å². The number of nitrogens with two attached hydrogens (primary N) is 1. The molecule has 1 rings (SSSR count). The normalized spacial score (nSPS) is 10.4. The van der Waals surface area contributed by atoms with Gasteiger partial charge in [-0.1, -0.05) is 19.9 Å². The number of hydrogen-bond acceptors (Lipinski definition) is 4. The minimum Gasteiger partial charge on any atom is -0.478 e. The Hall–Kier alpha value is -2.24.